The second-order valence-corrected chi connectivity index (χ2v) is 4.13. The highest BCUT2D eigenvalue weighted by molar-refractivity contribution is 6.30. The molecule has 0 saturated heterocycles. The predicted molar refractivity (Wildman–Crippen MR) is 61.4 cm³/mol. The molecule has 1 aromatic carbocycles. The first-order chi connectivity index (χ1) is 7.00. The van der Waals surface area contributed by atoms with Crippen molar-refractivity contribution in [2.75, 3.05) is 11.9 Å². The maximum absolute atomic E-state index is 10.7. The Labute approximate surface area is 93.4 Å². The smallest absolute Gasteiger partial charge is 0.293 e. The van der Waals surface area contributed by atoms with Gasteiger partial charge in [-0.3, -0.25) is 10.1 Å². The van der Waals surface area contributed by atoms with E-state index in [1.54, 1.807) is 12.1 Å². The molecular weight excluding hydrogens is 216 g/mol. The highest BCUT2D eigenvalue weighted by Gasteiger charge is 2.13. The normalized spacial score (nSPS) is 10.4. The molecule has 0 heterocycles. The van der Waals surface area contributed by atoms with Crippen LogP contribution in [0.3, 0.4) is 0 Å². The van der Waals surface area contributed by atoms with Crippen LogP contribution in [0.1, 0.15) is 13.8 Å². The van der Waals surface area contributed by atoms with E-state index in [1.807, 2.05) is 13.8 Å². The van der Waals surface area contributed by atoms with Gasteiger partial charge >= 0.3 is 0 Å². The van der Waals surface area contributed by atoms with Gasteiger partial charge in [-0.2, -0.15) is 0 Å². The second-order valence-electron chi connectivity index (χ2n) is 3.69. The first kappa shape index (κ1) is 11.8. The zero-order chi connectivity index (χ0) is 11.4. The summed E-state index contributed by atoms with van der Waals surface area (Å²) in [6, 6.07) is 4.62. The molecule has 0 aromatic heterocycles. The Morgan fingerprint density at radius 3 is 2.73 bits per heavy atom. The zero-order valence-corrected chi connectivity index (χ0v) is 9.41. The van der Waals surface area contributed by atoms with Crippen LogP contribution in [0.15, 0.2) is 18.2 Å². The molecule has 0 saturated carbocycles. The van der Waals surface area contributed by atoms with Crippen molar-refractivity contribution < 1.29 is 4.92 Å². The SMILES string of the molecule is CC(C)CNc1ccc(Cl)cc1[N+](=O)[O-]. The molecule has 0 fully saturated rings. The van der Waals surface area contributed by atoms with Crippen LogP contribution in [0.4, 0.5) is 11.4 Å². The van der Waals surface area contributed by atoms with Crippen molar-refractivity contribution in [1.29, 1.82) is 0 Å². The Balaban J connectivity index is 2.91. The minimum Gasteiger partial charge on any atom is -0.379 e. The first-order valence-electron chi connectivity index (χ1n) is 4.68. The lowest BCUT2D eigenvalue weighted by molar-refractivity contribution is -0.383. The Bertz CT molecular complexity index is 366. The third-order valence-corrected chi connectivity index (χ3v) is 2.09. The number of hydrogen-bond acceptors (Lipinski definition) is 3. The van der Waals surface area contributed by atoms with E-state index in [2.05, 4.69) is 5.32 Å². The van der Waals surface area contributed by atoms with Gasteiger partial charge in [-0.15, -0.1) is 0 Å². The van der Waals surface area contributed by atoms with Crippen molar-refractivity contribution in [3.05, 3.63) is 33.3 Å². The summed E-state index contributed by atoms with van der Waals surface area (Å²) in [5, 5.41) is 14.1. The number of rotatable bonds is 4. The highest BCUT2D eigenvalue weighted by atomic mass is 35.5. The van der Waals surface area contributed by atoms with Gasteiger partial charge in [0.2, 0.25) is 0 Å². The van der Waals surface area contributed by atoms with E-state index < -0.39 is 4.92 Å². The lowest BCUT2D eigenvalue weighted by Gasteiger charge is -2.09. The average Bonchev–Trinajstić information content (AvgIpc) is 2.15. The van der Waals surface area contributed by atoms with Gasteiger partial charge in [0.25, 0.3) is 5.69 Å². The molecule has 0 aliphatic carbocycles. The summed E-state index contributed by atoms with van der Waals surface area (Å²) < 4.78 is 0. The van der Waals surface area contributed by atoms with E-state index in [-0.39, 0.29) is 5.69 Å². The quantitative estimate of drug-likeness (QED) is 0.635. The van der Waals surface area contributed by atoms with Crippen LogP contribution < -0.4 is 5.32 Å². The van der Waals surface area contributed by atoms with Gasteiger partial charge in [0.15, 0.2) is 0 Å². The molecule has 82 valence electrons. The molecule has 1 aromatic rings. The van der Waals surface area contributed by atoms with Crippen LogP contribution >= 0.6 is 11.6 Å². The fourth-order valence-corrected chi connectivity index (χ4v) is 1.29. The summed E-state index contributed by atoms with van der Waals surface area (Å²) >= 11 is 5.69. The summed E-state index contributed by atoms with van der Waals surface area (Å²) in [6.07, 6.45) is 0. The molecule has 15 heavy (non-hydrogen) atoms. The molecule has 0 unspecified atom stereocenters. The number of nitrogens with zero attached hydrogens (tertiary/aromatic N) is 1. The van der Waals surface area contributed by atoms with E-state index in [9.17, 15) is 10.1 Å². The number of nitro groups is 1. The molecule has 0 spiro atoms. The van der Waals surface area contributed by atoms with Gasteiger partial charge in [0.1, 0.15) is 5.69 Å². The number of nitrogens with one attached hydrogen (secondary N) is 1. The van der Waals surface area contributed by atoms with E-state index in [0.29, 0.717) is 23.2 Å². The van der Waals surface area contributed by atoms with Crippen molar-refractivity contribution in [2.45, 2.75) is 13.8 Å². The van der Waals surface area contributed by atoms with Crippen LogP contribution in [-0.2, 0) is 0 Å². The molecule has 0 aliphatic heterocycles. The predicted octanol–water partition coefficient (Wildman–Crippen LogP) is 3.32. The van der Waals surface area contributed by atoms with Gasteiger partial charge in [0, 0.05) is 17.6 Å². The van der Waals surface area contributed by atoms with Crippen LogP contribution in [0.25, 0.3) is 0 Å². The average molecular weight is 229 g/mol. The molecule has 0 radical (unpaired) electrons. The lowest BCUT2D eigenvalue weighted by atomic mass is 10.2. The summed E-state index contributed by atoms with van der Waals surface area (Å²) in [6.45, 7) is 4.77. The standard InChI is InChI=1S/C10H13ClN2O2/c1-7(2)6-12-9-4-3-8(11)5-10(9)13(14)15/h3-5,7,12H,6H2,1-2H3. The third-order valence-electron chi connectivity index (χ3n) is 1.86. The number of halogens is 1. The van der Waals surface area contributed by atoms with Crippen molar-refractivity contribution in [3.63, 3.8) is 0 Å². The third kappa shape index (κ3) is 3.40. The number of hydrogen-bond donors (Lipinski definition) is 1. The summed E-state index contributed by atoms with van der Waals surface area (Å²) in [7, 11) is 0. The highest BCUT2D eigenvalue weighted by Crippen LogP contribution is 2.27. The molecule has 0 bridgehead atoms. The van der Waals surface area contributed by atoms with Crippen LogP contribution in [0.5, 0.6) is 0 Å². The minimum absolute atomic E-state index is 0.0168. The monoisotopic (exact) mass is 228 g/mol. The van der Waals surface area contributed by atoms with Crippen molar-refractivity contribution >= 4 is 23.0 Å². The van der Waals surface area contributed by atoms with E-state index in [1.165, 1.54) is 6.07 Å². The number of benzene rings is 1. The number of anilines is 1. The molecular formula is C10H13ClN2O2. The van der Waals surface area contributed by atoms with Gasteiger partial charge in [-0.05, 0) is 18.1 Å². The molecule has 0 aliphatic rings. The maximum atomic E-state index is 10.7. The van der Waals surface area contributed by atoms with E-state index >= 15 is 0 Å². The van der Waals surface area contributed by atoms with Crippen LogP contribution in [0, 0.1) is 16.0 Å². The fourth-order valence-electron chi connectivity index (χ4n) is 1.12. The first-order valence-corrected chi connectivity index (χ1v) is 5.06. The fraction of sp³-hybridized carbons (Fsp3) is 0.400. The maximum Gasteiger partial charge on any atom is 0.293 e. The second kappa shape index (κ2) is 4.98. The summed E-state index contributed by atoms with van der Waals surface area (Å²) in [4.78, 5) is 10.3. The molecule has 1 N–H and O–H groups in total. The molecule has 4 nitrogen and oxygen atoms in total. The van der Waals surface area contributed by atoms with Crippen molar-refractivity contribution in [2.24, 2.45) is 5.92 Å². The zero-order valence-electron chi connectivity index (χ0n) is 8.66. The summed E-state index contributed by atoms with van der Waals surface area (Å²) in [5.74, 6) is 0.431. The van der Waals surface area contributed by atoms with Gasteiger partial charge in [-0.1, -0.05) is 25.4 Å². The molecule has 0 amide bonds. The van der Waals surface area contributed by atoms with Crippen molar-refractivity contribution in [3.8, 4) is 0 Å². The number of nitro benzene ring substituents is 1. The van der Waals surface area contributed by atoms with Gasteiger partial charge < -0.3 is 5.32 Å². The largest absolute Gasteiger partial charge is 0.379 e. The topological polar surface area (TPSA) is 55.2 Å². The van der Waals surface area contributed by atoms with Crippen LogP contribution in [0.2, 0.25) is 5.02 Å². The molecule has 5 heteroatoms. The minimum atomic E-state index is -0.436. The van der Waals surface area contributed by atoms with Crippen LogP contribution in [-0.4, -0.2) is 11.5 Å². The Morgan fingerprint density at radius 2 is 2.20 bits per heavy atom. The Hall–Kier alpha value is -1.29. The molecule has 0 atom stereocenters. The van der Waals surface area contributed by atoms with Gasteiger partial charge in [-0.25, -0.2) is 0 Å². The van der Waals surface area contributed by atoms with Gasteiger partial charge in [0.05, 0.1) is 4.92 Å². The Kier molecular flexibility index (Phi) is 3.91. The Morgan fingerprint density at radius 1 is 1.53 bits per heavy atom. The lowest BCUT2D eigenvalue weighted by Crippen LogP contribution is -2.09. The van der Waals surface area contributed by atoms with Crippen molar-refractivity contribution in [1.82, 2.24) is 0 Å². The summed E-state index contributed by atoms with van der Waals surface area (Å²) in [5.41, 5.74) is 0.529. The molecule has 1 rings (SSSR count). The van der Waals surface area contributed by atoms with E-state index in [4.69, 9.17) is 11.6 Å². The van der Waals surface area contributed by atoms with E-state index in [0.717, 1.165) is 0 Å².